The van der Waals surface area contributed by atoms with Crippen molar-refractivity contribution in [3.8, 4) is 16.9 Å². The van der Waals surface area contributed by atoms with Gasteiger partial charge in [-0.1, -0.05) is 53.0 Å². The maximum atomic E-state index is 14.4. The van der Waals surface area contributed by atoms with Crippen molar-refractivity contribution in [1.29, 1.82) is 0 Å². The van der Waals surface area contributed by atoms with Gasteiger partial charge in [0, 0.05) is 32.4 Å². The van der Waals surface area contributed by atoms with Gasteiger partial charge in [-0.2, -0.15) is 0 Å². The molecule has 0 saturated heterocycles. The molecule has 0 bridgehead atoms. The SMILES string of the molecule is O=C(Cc1ccc(Cl)cc1Cl)Oc1ccc(-c2ccc(F)cc2F)cc1C(=O)Nc1cccc(Cl)c1. The van der Waals surface area contributed by atoms with E-state index in [4.69, 9.17) is 39.5 Å². The molecule has 4 nitrogen and oxygen atoms in total. The highest BCUT2D eigenvalue weighted by Crippen LogP contribution is 2.30. The fraction of sp³-hybridized carbons (Fsp3) is 0.0370. The van der Waals surface area contributed by atoms with Gasteiger partial charge in [-0.3, -0.25) is 9.59 Å². The summed E-state index contributed by atoms with van der Waals surface area (Å²) in [6.45, 7) is 0. The van der Waals surface area contributed by atoms with E-state index in [1.54, 1.807) is 30.3 Å². The lowest BCUT2D eigenvalue weighted by molar-refractivity contribution is -0.133. The van der Waals surface area contributed by atoms with Gasteiger partial charge in [-0.25, -0.2) is 8.78 Å². The van der Waals surface area contributed by atoms with Crippen LogP contribution in [0.25, 0.3) is 11.1 Å². The molecular formula is C27H16Cl3F2NO3. The van der Waals surface area contributed by atoms with Gasteiger partial charge in [0.1, 0.15) is 17.4 Å². The Labute approximate surface area is 220 Å². The van der Waals surface area contributed by atoms with E-state index < -0.39 is 23.5 Å². The molecule has 4 aromatic carbocycles. The largest absolute Gasteiger partial charge is 0.425 e. The van der Waals surface area contributed by atoms with E-state index in [2.05, 4.69) is 5.32 Å². The van der Waals surface area contributed by atoms with Crippen molar-refractivity contribution in [3.05, 3.63) is 117 Å². The number of carbonyl (C=O) groups excluding carboxylic acids is 2. The monoisotopic (exact) mass is 545 g/mol. The van der Waals surface area contributed by atoms with Crippen molar-refractivity contribution in [2.75, 3.05) is 5.32 Å². The first-order valence-corrected chi connectivity index (χ1v) is 11.6. The topological polar surface area (TPSA) is 55.4 Å². The molecule has 182 valence electrons. The van der Waals surface area contributed by atoms with Crippen LogP contribution in [0.15, 0.2) is 78.9 Å². The molecule has 36 heavy (non-hydrogen) atoms. The van der Waals surface area contributed by atoms with Gasteiger partial charge in [-0.15, -0.1) is 0 Å². The third-order valence-corrected chi connectivity index (χ3v) is 5.94. The molecule has 0 aliphatic rings. The van der Waals surface area contributed by atoms with Crippen LogP contribution in [0.4, 0.5) is 14.5 Å². The standard InChI is InChI=1S/C27H16Cl3F2NO3/c28-17-2-1-3-20(12-17)33-27(35)22-10-15(21-8-7-19(31)14-24(21)32)5-9-25(22)36-26(34)11-16-4-6-18(29)13-23(16)30/h1-10,12-14H,11H2,(H,33,35). The van der Waals surface area contributed by atoms with E-state index in [1.165, 1.54) is 36.4 Å². The third-order valence-electron chi connectivity index (χ3n) is 5.12. The summed E-state index contributed by atoms with van der Waals surface area (Å²) in [5.41, 5.74) is 1.19. The summed E-state index contributed by atoms with van der Waals surface area (Å²) in [5.74, 6) is -2.92. The molecule has 4 rings (SSSR count). The predicted molar refractivity (Wildman–Crippen MR) is 137 cm³/mol. The normalized spacial score (nSPS) is 10.7. The van der Waals surface area contributed by atoms with Crippen molar-refractivity contribution in [3.63, 3.8) is 0 Å². The molecule has 0 atom stereocenters. The Morgan fingerprint density at radius 2 is 1.61 bits per heavy atom. The van der Waals surface area contributed by atoms with Gasteiger partial charge >= 0.3 is 5.97 Å². The lowest BCUT2D eigenvalue weighted by Crippen LogP contribution is -2.17. The van der Waals surface area contributed by atoms with Crippen LogP contribution in [-0.2, 0) is 11.2 Å². The van der Waals surface area contributed by atoms with E-state index in [9.17, 15) is 18.4 Å². The second-order valence-corrected chi connectivity index (χ2v) is 8.97. The Hall–Kier alpha value is -3.45. The number of amides is 1. The number of esters is 1. The molecular weight excluding hydrogens is 531 g/mol. The maximum absolute atomic E-state index is 14.4. The van der Waals surface area contributed by atoms with Crippen LogP contribution >= 0.6 is 34.8 Å². The molecule has 0 aliphatic heterocycles. The van der Waals surface area contributed by atoms with Crippen LogP contribution in [0.5, 0.6) is 5.75 Å². The Morgan fingerprint density at radius 1 is 0.833 bits per heavy atom. The number of ether oxygens (including phenoxy) is 1. The zero-order chi connectivity index (χ0) is 25.8. The Morgan fingerprint density at radius 3 is 2.33 bits per heavy atom. The van der Waals surface area contributed by atoms with Crippen LogP contribution in [0.2, 0.25) is 15.1 Å². The fourth-order valence-electron chi connectivity index (χ4n) is 3.43. The molecule has 0 aliphatic carbocycles. The van der Waals surface area contributed by atoms with Crippen LogP contribution in [0.1, 0.15) is 15.9 Å². The highest BCUT2D eigenvalue weighted by atomic mass is 35.5. The molecule has 0 unspecified atom stereocenters. The Kier molecular flexibility index (Phi) is 7.89. The first-order chi connectivity index (χ1) is 17.2. The fourth-order valence-corrected chi connectivity index (χ4v) is 4.10. The van der Waals surface area contributed by atoms with Crippen LogP contribution in [0.3, 0.4) is 0 Å². The lowest BCUT2D eigenvalue weighted by atomic mass is 10.0. The van der Waals surface area contributed by atoms with Crippen molar-refractivity contribution < 1.29 is 23.1 Å². The molecule has 0 aromatic heterocycles. The summed E-state index contributed by atoms with van der Waals surface area (Å²) in [5, 5.41) is 3.79. The molecule has 0 saturated carbocycles. The summed E-state index contributed by atoms with van der Waals surface area (Å²) >= 11 is 18.0. The molecule has 0 spiro atoms. The predicted octanol–water partition coefficient (Wildman–Crippen LogP) is 7.99. The molecule has 0 radical (unpaired) electrons. The molecule has 0 fully saturated rings. The summed E-state index contributed by atoms with van der Waals surface area (Å²) in [6, 6.07) is 18.4. The second-order valence-electron chi connectivity index (χ2n) is 7.69. The van der Waals surface area contributed by atoms with Crippen molar-refractivity contribution in [2.45, 2.75) is 6.42 Å². The van der Waals surface area contributed by atoms with E-state index in [-0.39, 0.29) is 28.9 Å². The number of hydrogen-bond acceptors (Lipinski definition) is 3. The number of rotatable bonds is 6. The van der Waals surface area contributed by atoms with Gasteiger partial charge in [0.05, 0.1) is 12.0 Å². The molecule has 1 N–H and O–H groups in total. The summed E-state index contributed by atoms with van der Waals surface area (Å²) in [4.78, 5) is 25.8. The molecule has 1 amide bonds. The van der Waals surface area contributed by atoms with E-state index in [0.29, 0.717) is 26.3 Å². The maximum Gasteiger partial charge on any atom is 0.315 e. The second kappa shape index (κ2) is 11.1. The Balaban J connectivity index is 1.67. The quantitative estimate of drug-likeness (QED) is 0.197. The zero-order valence-corrected chi connectivity index (χ0v) is 20.6. The number of benzene rings is 4. The minimum Gasteiger partial charge on any atom is -0.425 e. The smallest absolute Gasteiger partial charge is 0.315 e. The highest BCUT2D eigenvalue weighted by molar-refractivity contribution is 6.35. The van der Waals surface area contributed by atoms with Gasteiger partial charge in [0.2, 0.25) is 0 Å². The number of carbonyl (C=O) groups is 2. The minimum atomic E-state index is -0.807. The number of halogens is 5. The van der Waals surface area contributed by atoms with Crippen LogP contribution < -0.4 is 10.1 Å². The molecule has 4 aromatic rings. The van der Waals surface area contributed by atoms with E-state index in [1.807, 2.05) is 0 Å². The first kappa shape index (κ1) is 25.6. The highest BCUT2D eigenvalue weighted by Gasteiger charge is 2.19. The molecule has 0 heterocycles. The average molecular weight is 547 g/mol. The van der Waals surface area contributed by atoms with Crippen molar-refractivity contribution in [2.24, 2.45) is 0 Å². The molecule has 9 heteroatoms. The van der Waals surface area contributed by atoms with E-state index >= 15 is 0 Å². The third kappa shape index (κ3) is 6.21. The van der Waals surface area contributed by atoms with Gasteiger partial charge in [0.15, 0.2) is 0 Å². The van der Waals surface area contributed by atoms with Gasteiger partial charge in [-0.05, 0) is 65.7 Å². The van der Waals surface area contributed by atoms with Crippen LogP contribution in [0, 0.1) is 11.6 Å². The Bertz CT molecular complexity index is 1480. The zero-order valence-electron chi connectivity index (χ0n) is 18.3. The summed E-state index contributed by atoms with van der Waals surface area (Å²) in [7, 11) is 0. The van der Waals surface area contributed by atoms with Crippen LogP contribution in [-0.4, -0.2) is 11.9 Å². The van der Waals surface area contributed by atoms with Gasteiger partial charge < -0.3 is 10.1 Å². The summed E-state index contributed by atoms with van der Waals surface area (Å²) in [6.07, 6.45) is -0.181. The van der Waals surface area contributed by atoms with Gasteiger partial charge in [0.25, 0.3) is 5.91 Å². The minimum absolute atomic E-state index is 0.0493. The lowest BCUT2D eigenvalue weighted by Gasteiger charge is -2.14. The number of anilines is 1. The summed E-state index contributed by atoms with van der Waals surface area (Å²) < 4.78 is 33.3. The first-order valence-electron chi connectivity index (χ1n) is 10.5. The number of nitrogens with one attached hydrogen (secondary N) is 1. The van der Waals surface area contributed by atoms with Crippen molar-refractivity contribution >= 4 is 52.4 Å². The number of hydrogen-bond donors (Lipinski definition) is 1. The van der Waals surface area contributed by atoms with E-state index in [0.717, 1.165) is 12.1 Å². The average Bonchev–Trinajstić information content (AvgIpc) is 2.81. The van der Waals surface area contributed by atoms with Crippen molar-refractivity contribution in [1.82, 2.24) is 0 Å².